The van der Waals surface area contributed by atoms with Crippen molar-refractivity contribution in [2.75, 3.05) is 0 Å². The first-order chi connectivity index (χ1) is 9.45. The molecule has 1 aliphatic carbocycles. The third kappa shape index (κ3) is 4.31. The van der Waals surface area contributed by atoms with E-state index >= 15 is 0 Å². The Morgan fingerprint density at radius 1 is 1.20 bits per heavy atom. The smallest absolute Gasteiger partial charge is 0.238 e. The number of benzene rings is 1. The van der Waals surface area contributed by atoms with Crippen LogP contribution in [0, 0.1) is 5.92 Å². The van der Waals surface area contributed by atoms with Crippen LogP contribution < -0.4 is 10.5 Å². The summed E-state index contributed by atoms with van der Waals surface area (Å²) in [6.45, 7) is 0.413. The van der Waals surface area contributed by atoms with Crippen LogP contribution in [0.2, 0.25) is 0 Å². The highest BCUT2D eigenvalue weighted by molar-refractivity contribution is 7.89. The van der Waals surface area contributed by atoms with E-state index in [9.17, 15) is 13.2 Å². The van der Waals surface area contributed by atoms with Crippen molar-refractivity contribution in [1.82, 2.24) is 5.32 Å². The summed E-state index contributed by atoms with van der Waals surface area (Å²) in [6.07, 6.45) is 5.35. The van der Waals surface area contributed by atoms with Crippen LogP contribution in [0.25, 0.3) is 0 Å². The van der Waals surface area contributed by atoms with Crippen LogP contribution in [-0.4, -0.2) is 14.3 Å². The Morgan fingerprint density at radius 2 is 1.80 bits per heavy atom. The summed E-state index contributed by atoms with van der Waals surface area (Å²) in [5.74, 6) is 0.590. The van der Waals surface area contributed by atoms with Gasteiger partial charge in [0.15, 0.2) is 0 Å². The topological polar surface area (TPSA) is 89.3 Å². The number of amides is 1. The zero-order valence-corrected chi connectivity index (χ0v) is 12.2. The fourth-order valence-corrected chi connectivity index (χ4v) is 3.06. The van der Waals surface area contributed by atoms with Gasteiger partial charge in [0, 0.05) is 13.0 Å². The van der Waals surface area contributed by atoms with E-state index < -0.39 is 10.0 Å². The number of hydrogen-bond donors (Lipinski definition) is 2. The molecule has 5 nitrogen and oxygen atoms in total. The number of hydrogen-bond acceptors (Lipinski definition) is 3. The van der Waals surface area contributed by atoms with Gasteiger partial charge in [-0.3, -0.25) is 4.79 Å². The van der Waals surface area contributed by atoms with Crippen LogP contribution >= 0.6 is 0 Å². The predicted octanol–water partition coefficient (Wildman–Crippen LogP) is 1.53. The maximum atomic E-state index is 11.8. The molecule has 0 aliphatic heterocycles. The molecule has 0 unspecified atom stereocenters. The molecule has 1 aliphatic rings. The van der Waals surface area contributed by atoms with Gasteiger partial charge >= 0.3 is 0 Å². The van der Waals surface area contributed by atoms with Gasteiger partial charge in [-0.2, -0.15) is 0 Å². The highest BCUT2D eigenvalue weighted by Crippen LogP contribution is 2.27. The van der Waals surface area contributed by atoms with Gasteiger partial charge in [0.1, 0.15) is 0 Å². The van der Waals surface area contributed by atoms with Crippen molar-refractivity contribution in [1.29, 1.82) is 0 Å². The van der Waals surface area contributed by atoms with Crippen LogP contribution in [0.4, 0.5) is 0 Å². The summed E-state index contributed by atoms with van der Waals surface area (Å²) in [6, 6.07) is 6.23. The van der Waals surface area contributed by atoms with Gasteiger partial charge in [0.05, 0.1) is 4.90 Å². The molecule has 1 aromatic carbocycles. The highest BCUT2D eigenvalue weighted by Gasteiger charge is 2.18. The van der Waals surface area contributed by atoms with E-state index in [2.05, 4.69) is 5.32 Å². The number of primary sulfonamides is 1. The largest absolute Gasteiger partial charge is 0.352 e. The van der Waals surface area contributed by atoms with Crippen LogP contribution in [-0.2, 0) is 21.4 Å². The molecule has 3 N–H and O–H groups in total. The number of rotatable bonds is 5. The second-order valence-electron chi connectivity index (χ2n) is 5.32. The van der Waals surface area contributed by atoms with Crippen LogP contribution in [0.3, 0.4) is 0 Å². The van der Waals surface area contributed by atoms with Gasteiger partial charge in [0.2, 0.25) is 15.9 Å². The number of carbonyl (C=O) groups is 1. The lowest BCUT2D eigenvalue weighted by molar-refractivity contribution is -0.122. The molecule has 0 heterocycles. The van der Waals surface area contributed by atoms with Crippen molar-refractivity contribution < 1.29 is 13.2 Å². The van der Waals surface area contributed by atoms with Crippen molar-refractivity contribution in [3.8, 4) is 0 Å². The molecule has 0 spiro atoms. The third-order valence-electron chi connectivity index (χ3n) is 3.69. The van der Waals surface area contributed by atoms with Gasteiger partial charge < -0.3 is 5.32 Å². The number of nitrogens with one attached hydrogen (secondary N) is 1. The van der Waals surface area contributed by atoms with Gasteiger partial charge in [-0.1, -0.05) is 25.0 Å². The Labute approximate surface area is 119 Å². The quantitative estimate of drug-likeness (QED) is 0.863. The minimum absolute atomic E-state index is 0.0624. The maximum Gasteiger partial charge on any atom is 0.238 e. The molecule has 20 heavy (non-hydrogen) atoms. The summed E-state index contributed by atoms with van der Waals surface area (Å²) in [7, 11) is -3.65. The van der Waals surface area contributed by atoms with Crippen LogP contribution in [0.15, 0.2) is 29.2 Å². The van der Waals surface area contributed by atoms with E-state index in [0.717, 1.165) is 18.4 Å². The van der Waals surface area contributed by atoms with Crippen molar-refractivity contribution in [3.63, 3.8) is 0 Å². The van der Waals surface area contributed by atoms with Crippen LogP contribution in [0.1, 0.15) is 37.7 Å². The highest BCUT2D eigenvalue weighted by atomic mass is 32.2. The minimum atomic E-state index is -3.65. The number of carbonyl (C=O) groups excluding carboxylic acids is 1. The first-order valence-corrected chi connectivity index (χ1v) is 8.38. The molecule has 0 atom stereocenters. The normalized spacial score (nSPS) is 16.2. The van der Waals surface area contributed by atoms with E-state index in [-0.39, 0.29) is 10.8 Å². The van der Waals surface area contributed by atoms with Crippen LogP contribution in [0.5, 0.6) is 0 Å². The Bertz CT molecular complexity index is 561. The van der Waals surface area contributed by atoms with Crippen molar-refractivity contribution in [3.05, 3.63) is 29.8 Å². The van der Waals surface area contributed by atoms with Gasteiger partial charge in [-0.05, 0) is 36.5 Å². The molecular formula is C14H20N2O3S. The monoisotopic (exact) mass is 296 g/mol. The second-order valence-corrected chi connectivity index (χ2v) is 6.88. The first kappa shape index (κ1) is 15.0. The van der Waals surface area contributed by atoms with Gasteiger partial charge in [0.25, 0.3) is 0 Å². The summed E-state index contributed by atoms with van der Waals surface area (Å²) in [5, 5.41) is 7.89. The molecule has 1 amide bonds. The van der Waals surface area contributed by atoms with Crippen molar-refractivity contribution in [2.24, 2.45) is 11.1 Å². The predicted molar refractivity (Wildman–Crippen MR) is 76.2 cm³/mol. The van der Waals surface area contributed by atoms with Crippen molar-refractivity contribution in [2.45, 2.75) is 43.5 Å². The lowest BCUT2D eigenvalue weighted by Crippen LogP contribution is -2.24. The van der Waals surface area contributed by atoms with Gasteiger partial charge in [-0.15, -0.1) is 0 Å². The Balaban J connectivity index is 1.83. The summed E-state index contributed by atoms with van der Waals surface area (Å²) < 4.78 is 22.2. The summed E-state index contributed by atoms with van der Waals surface area (Å²) in [4.78, 5) is 11.9. The molecule has 1 fully saturated rings. The Morgan fingerprint density at radius 3 is 2.35 bits per heavy atom. The Kier molecular flexibility index (Phi) is 4.77. The molecule has 2 rings (SSSR count). The molecule has 0 bridgehead atoms. The van der Waals surface area contributed by atoms with E-state index in [1.165, 1.54) is 25.0 Å². The second kappa shape index (κ2) is 6.37. The lowest BCUT2D eigenvalue weighted by atomic mass is 10.0. The van der Waals surface area contributed by atoms with Gasteiger partial charge in [-0.25, -0.2) is 13.6 Å². The average Bonchev–Trinajstić information content (AvgIpc) is 2.88. The molecule has 6 heteroatoms. The van der Waals surface area contributed by atoms with E-state index in [4.69, 9.17) is 5.14 Å². The van der Waals surface area contributed by atoms with E-state index in [1.54, 1.807) is 12.1 Å². The molecule has 110 valence electrons. The fraction of sp³-hybridized carbons (Fsp3) is 0.500. The number of sulfonamides is 1. The summed E-state index contributed by atoms with van der Waals surface area (Å²) in [5.41, 5.74) is 0.858. The molecular weight excluding hydrogens is 276 g/mol. The molecule has 0 saturated heterocycles. The minimum Gasteiger partial charge on any atom is -0.352 e. The SMILES string of the molecule is NS(=O)(=O)c1ccc(CNC(=O)CC2CCCC2)cc1. The van der Waals surface area contributed by atoms with E-state index in [0.29, 0.717) is 18.9 Å². The first-order valence-electron chi connectivity index (χ1n) is 6.83. The fourth-order valence-electron chi connectivity index (χ4n) is 2.55. The zero-order chi connectivity index (χ0) is 14.6. The van der Waals surface area contributed by atoms with Crippen molar-refractivity contribution >= 4 is 15.9 Å². The average molecular weight is 296 g/mol. The molecule has 1 aromatic rings. The van der Waals surface area contributed by atoms with E-state index in [1.807, 2.05) is 0 Å². The zero-order valence-electron chi connectivity index (χ0n) is 11.3. The standard InChI is InChI=1S/C14H20N2O3S/c15-20(18,19)13-7-5-12(6-8-13)10-16-14(17)9-11-3-1-2-4-11/h5-8,11H,1-4,9-10H2,(H,16,17)(H2,15,18,19). The molecule has 0 radical (unpaired) electrons. The molecule has 1 saturated carbocycles. The third-order valence-corrected chi connectivity index (χ3v) is 4.62. The number of nitrogens with two attached hydrogens (primary N) is 1. The molecule has 0 aromatic heterocycles. The Hall–Kier alpha value is -1.40. The lowest BCUT2D eigenvalue weighted by Gasteiger charge is -2.09. The summed E-state index contributed by atoms with van der Waals surface area (Å²) >= 11 is 0. The maximum absolute atomic E-state index is 11.8.